The fraction of sp³-hybridized carbons (Fsp3) is 0.500. The summed E-state index contributed by atoms with van der Waals surface area (Å²) in [5.74, 6) is 0.958. The first-order chi connectivity index (χ1) is 13.0. The van der Waals surface area contributed by atoms with Gasteiger partial charge >= 0.3 is 0 Å². The minimum atomic E-state index is 0. The third kappa shape index (κ3) is 6.45. The lowest BCUT2D eigenvalue weighted by Crippen LogP contribution is -2.44. The van der Waals surface area contributed by atoms with Crippen LogP contribution in [0.1, 0.15) is 33.5 Å². The molecule has 8 heteroatoms. The van der Waals surface area contributed by atoms with E-state index in [0.717, 1.165) is 31.9 Å². The highest BCUT2D eigenvalue weighted by atomic mass is 127. The lowest BCUT2D eigenvalue weighted by molar-refractivity contribution is -0.131. The zero-order chi connectivity index (χ0) is 19.2. The Bertz CT molecular complexity index is 802. The SMILES string of the molecule is CN=C(NCCC(=O)N1CCc2sccc2C1)NC(C)Cc1ccc(C)s1.I. The first-order valence-electron chi connectivity index (χ1n) is 9.40. The number of guanidine groups is 1. The number of thiophene rings is 2. The summed E-state index contributed by atoms with van der Waals surface area (Å²) in [6.45, 7) is 6.46. The van der Waals surface area contributed by atoms with Gasteiger partial charge in [-0.1, -0.05) is 0 Å². The molecule has 2 N–H and O–H groups in total. The number of carbonyl (C=O) groups is 1. The zero-order valence-electron chi connectivity index (χ0n) is 16.7. The number of nitrogens with one attached hydrogen (secondary N) is 2. The van der Waals surface area contributed by atoms with E-state index in [1.165, 1.54) is 20.2 Å². The van der Waals surface area contributed by atoms with Gasteiger partial charge in [0.1, 0.15) is 0 Å². The van der Waals surface area contributed by atoms with Gasteiger partial charge in [-0.15, -0.1) is 46.7 Å². The van der Waals surface area contributed by atoms with Crippen molar-refractivity contribution in [3.63, 3.8) is 0 Å². The molecule has 1 unspecified atom stereocenters. The predicted molar refractivity (Wildman–Crippen MR) is 130 cm³/mol. The Kier molecular flexibility index (Phi) is 9.23. The van der Waals surface area contributed by atoms with Crippen LogP contribution in [0.25, 0.3) is 0 Å². The summed E-state index contributed by atoms with van der Waals surface area (Å²) in [5, 5.41) is 8.80. The number of carbonyl (C=O) groups excluding carboxylic acids is 1. The molecule has 0 radical (unpaired) electrons. The van der Waals surface area contributed by atoms with E-state index in [1.54, 1.807) is 18.4 Å². The van der Waals surface area contributed by atoms with E-state index in [9.17, 15) is 4.79 Å². The van der Waals surface area contributed by atoms with Gasteiger partial charge in [-0.3, -0.25) is 9.79 Å². The molecule has 0 bridgehead atoms. The lowest BCUT2D eigenvalue weighted by Gasteiger charge is -2.27. The minimum Gasteiger partial charge on any atom is -0.356 e. The number of aliphatic imine (C=N–C) groups is 1. The van der Waals surface area contributed by atoms with Crippen LogP contribution in [0.3, 0.4) is 0 Å². The maximum absolute atomic E-state index is 12.5. The molecule has 0 saturated heterocycles. The highest BCUT2D eigenvalue weighted by molar-refractivity contribution is 14.0. The molecule has 1 atom stereocenters. The Labute approximate surface area is 192 Å². The topological polar surface area (TPSA) is 56.7 Å². The summed E-state index contributed by atoms with van der Waals surface area (Å²) in [7, 11) is 1.77. The molecule has 3 heterocycles. The summed E-state index contributed by atoms with van der Waals surface area (Å²) >= 11 is 3.63. The maximum atomic E-state index is 12.5. The summed E-state index contributed by atoms with van der Waals surface area (Å²) in [6, 6.07) is 6.76. The second-order valence-electron chi connectivity index (χ2n) is 6.95. The van der Waals surface area contributed by atoms with E-state index in [2.05, 4.69) is 53.1 Å². The average Bonchev–Trinajstić information content (AvgIpc) is 3.28. The van der Waals surface area contributed by atoms with Gasteiger partial charge in [0, 0.05) is 60.2 Å². The van der Waals surface area contributed by atoms with Crippen LogP contribution in [-0.2, 0) is 24.2 Å². The second kappa shape index (κ2) is 11.2. The molecular weight excluding hydrogens is 503 g/mol. The summed E-state index contributed by atoms with van der Waals surface area (Å²) in [5.41, 5.74) is 1.31. The van der Waals surface area contributed by atoms with Gasteiger partial charge < -0.3 is 15.5 Å². The third-order valence-electron chi connectivity index (χ3n) is 4.70. The number of fused-ring (bicyclic) bond motifs is 1. The molecule has 0 spiro atoms. The molecule has 1 aliphatic rings. The van der Waals surface area contributed by atoms with Gasteiger partial charge in [0.05, 0.1) is 0 Å². The number of aryl methyl sites for hydroxylation is 1. The van der Waals surface area contributed by atoms with Crippen molar-refractivity contribution in [3.8, 4) is 0 Å². The molecule has 1 aliphatic heterocycles. The maximum Gasteiger partial charge on any atom is 0.224 e. The van der Waals surface area contributed by atoms with Crippen molar-refractivity contribution in [1.82, 2.24) is 15.5 Å². The van der Waals surface area contributed by atoms with E-state index in [4.69, 9.17) is 0 Å². The molecule has 0 fully saturated rings. The average molecular weight is 533 g/mol. The van der Waals surface area contributed by atoms with Gasteiger partial charge in [-0.2, -0.15) is 0 Å². The van der Waals surface area contributed by atoms with Crippen LogP contribution >= 0.6 is 46.7 Å². The van der Waals surface area contributed by atoms with Gasteiger partial charge in [-0.05, 0) is 49.4 Å². The molecule has 5 nitrogen and oxygen atoms in total. The number of hydrogen-bond acceptors (Lipinski definition) is 4. The minimum absolute atomic E-state index is 0. The van der Waals surface area contributed by atoms with Crippen molar-refractivity contribution in [3.05, 3.63) is 43.8 Å². The molecule has 0 saturated carbocycles. The van der Waals surface area contributed by atoms with E-state index in [0.29, 0.717) is 13.0 Å². The lowest BCUT2D eigenvalue weighted by atomic mass is 10.1. The molecule has 28 heavy (non-hydrogen) atoms. The Morgan fingerprint density at radius 1 is 1.36 bits per heavy atom. The van der Waals surface area contributed by atoms with Crippen LogP contribution < -0.4 is 10.6 Å². The van der Waals surface area contributed by atoms with E-state index in [1.807, 2.05) is 16.2 Å². The van der Waals surface area contributed by atoms with Crippen LogP contribution in [0.5, 0.6) is 0 Å². The first-order valence-corrected chi connectivity index (χ1v) is 11.1. The number of nitrogens with zero attached hydrogens (tertiary/aromatic N) is 2. The first kappa shape index (κ1) is 23.2. The van der Waals surface area contributed by atoms with Crippen LogP contribution in [0.2, 0.25) is 0 Å². The van der Waals surface area contributed by atoms with Crippen molar-refractivity contribution in [2.24, 2.45) is 4.99 Å². The van der Waals surface area contributed by atoms with Gasteiger partial charge in [-0.25, -0.2) is 0 Å². The van der Waals surface area contributed by atoms with E-state index in [-0.39, 0.29) is 35.9 Å². The Morgan fingerprint density at radius 2 is 2.18 bits per heavy atom. The molecule has 3 rings (SSSR count). The molecule has 1 amide bonds. The third-order valence-corrected chi connectivity index (χ3v) is 6.75. The van der Waals surface area contributed by atoms with Crippen LogP contribution in [0, 0.1) is 6.92 Å². The van der Waals surface area contributed by atoms with E-state index >= 15 is 0 Å². The standard InChI is InChI=1S/C20H28N4OS2.HI/c1-14(12-17-5-4-15(2)27-17)23-20(21-3)22-9-6-19(25)24-10-7-18-16(13-24)8-11-26-18;/h4-5,8,11,14H,6-7,9-10,12-13H2,1-3H3,(H2,21,22,23);1H. The number of rotatable bonds is 6. The largest absolute Gasteiger partial charge is 0.356 e. The molecular formula is C20H29IN4OS2. The fourth-order valence-corrected chi connectivity index (χ4v) is 5.19. The van der Waals surface area contributed by atoms with Crippen molar-refractivity contribution in [2.75, 3.05) is 20.1 Å². The highest BCUT2D eigenvalue weighted by Gasteiger charge is 2.21. The molecule has 2 aromatic heterocycles. The monoisotopic (exact) mass is 532 g/mol. The van der Waals surface area contributed by atoms with Crippen LogP contribution in [0.15, 0.2) is 28.6 Å². The summed E-state index contributed by atoms with van der Waals surface area (Å²) in [6.07, 6.45) is 2.43. The molecule has 2 aromatic rings. The highest BCUT2D eigenvalue weighted by Crippen LogP contribution is 2.24. The van der Waals surface area contributed by atoms with Gasteiger partial charge in [0.2, 0.25) is 5.91 Å². The van der Waals surface area contributed by atoms with Gasteiger partial charge in [0.15, 0.2) is 5.96 Å². The number of hydrogen-bond donors (Lipinski definition) is 2. The van der Waals surface area contributed by atoms with Crippen LogP contribution in [0.4, 0.5) is 0 Å². The van der Waals surface area contributed by atoms with Gasteiger partial charge in [0.25, 0.3) is 0 Å². The molecule has 0 aliphatic carbocycles. The normalized spacial score (nSPS) is 14.8. The van der Waals surface area contributed by atoms with Crippen molar-refractivity contribution < 1.29 is 4.79 Å². The number of halogens is 1. The Morgan fingerprint density at radius 3 is 2.89 bits per heavy atom. The van der Waals surface area contributed by atoms with Crippen molar-refractivity contribution in [2.45, 2.75) is 45.7 Å². The quantitative estimate of drug-likeness (QED) is 0.338. The molecule has 154 valence electrons. The fourth-order valence-electron chi connectivity index (χ4n) is 3.28. The Balaban J connectivity index is 0.00000280. The Hall–Kier alpha value is -1.13. The van der Waals surface area contributed by atoms with Crippen molar-refractivity contribution >= 4 is 58.5 Å². The van der Waals surface area contributed by atoms with Crippen molar-refractivity contribution in [1.29, 1.82) is 0 Å². The van der Waals surface area contributed by atoms with E-state index < -0.39 is 0 Å². The smallest absolute Gasteiger partial charge is 0.224 e. The number of amides is 1. The predicted octanol–water partition coefficient (Wildman–Crippen LogP) is 3.81. The zero-order valence-corrected chi connectivity index (χ0v) is 20.6. The van der Waals surface area contributed by atoms with Crippen LogP contribution in [-0.4, -0.2) is 42.9 Å². The second-order valence-corrected chi connectivity index (χ2v) is 9.32. The summed E-state index contributed by atoms with van der Waals surface area (Å²) < 4.78 is 0. The summed E-state index contributed by atoms with van der Waals surface area (Å²) in [4.78, 5) is 22.9. The molecule has 0 aromatic carbocycles.